The van der Waals surface area contributed by atoms with E-state index in [2.05, 4.69) is 31.2 Å². The molecule has 0 bridgehead atoms. The van der Waals surface area contributed by atoms with Crippen molar-refractivity contribution in [1.29, 1.82) is 0 Å². The number of hydrogen-bond donors (Lipinski definition) is 1. The number of rotatable bonds is 3. The Hall–Kier alpha value is -0.120. The molecule has 0 aromatic heterocycles. The van der Waals surface area contributed by atoms with Crippen molar-refractivity contribution in [3.05, 3.63) is 35.4 Å². The first-order chi connectivity index (χ1) is 7.75. The van der Waals surface area contributed by atoms with E-state index in [0.717, 1.165) is 12.2 Å². The molecular weight excluding hydrogens is 236 g/mol. The molecule has 1 aromatic rings. The van der Waals surface area contributed by atoms with Crippen LogP contribution in [0.15, 0.2) is 24.3 Å². The maximum absolute atomic E-state index is 10.2. The molecule has 0 saturated carbocycles. The van der Waals surface area contributed by atoms with Crippen LogP contribution in [0.3, 0.4) is 0 Å². The van der Waals surface area contributed by atoms with Gasteiger partial charge in [0.15, 0.2) is 0 Å². The number of aliphatic hydroxyl groups excluding tert-OH is 1. The fraction of sp³-hybridized carbons (Fsp3) is 0.538. The molecule has 3 heteroatoms. The molecule has 1 aliphatic rings. The third-order valence-electron chi connectivity index (χ3n) is 2.84. The molecule has 1 fully saturated rings. The van der Waals surface area contributed by atoms with E-state index >= 15 is 0 Å². The van der Waals surface area contributed by atoms with Crippen LogP contribution in [0.1, 0.15) is 11.1 Å². The predicted molar refractivity (Wildman–Crippen MR) is 74.5 cm³/mol. The van der Waals surface area contributed by atoms with Crippen molar-refractivity contribution >= 4 is 23.5 Å². The Bertz CT molecular complexity index is 317. The van der Waals surface area contributed by atoms with Gasteiger partial charge in [-0.25, -0.2) is 0 Å². The van der Waals surface area contributed by atoms with Gasteiger partial charge in [0.25, 0.3) is 0 Å². The molecule has 2 rings (SSSR count). The quantitative estimate of drug-likeness (QED) is 0.895. The molecule has 2 unspecified atom stereocenters. The van der Waals surface area contributed by atoms with Crippen molar-refractivity contribution in [3.63, 3.8) is 0 Å². The minimum absolute atomic E-state index is 0.194. The molecule has 1 aromatic carbocycles. The minimum atomic E-state index is -0.194. The first-order valence-corrected chi connectivity index (χ1v) is 7.89. The zero-order valence-corrected chi connectivity index (χ0v) is 11.2. The predicted octanol–water partition coefficient (Wildman–Crippen LogP) is 2.75. The van der Waals surface area contributed by atoms with Gasteiger partial charge in [-0.05, 0) is 18.9 Å². The van der Waals surface area contributed by atoms with Crippen LogP contribution in [0.2, 0.25) is 0 Å². The van der Waals surface area contributed by atoms with E-state index in [9.17, 15) is 5.11 Å². The van der Waals surface area contributed by atoms with Crippen molar-refractivity contribution in [2.75, 3.05) is 17.3 Å². The lowest BCUT2D eigenvalue weighted by Gasteiger charge is -2.25. The molecule has 1 nitrogen and oxygen atoms in total. The van der Waals surface area contributed by atoms with E-state index in [0.29, 0.717) is 5.25 Å². The van der Waals surface area contributed by atoms with E-state index in [1.54, 1.807) is 0 Å². The van der Waals surface area contributed by atoms with Gasteiger partial charge in [-0.15, -0.1) is 0 Å². The highest BCUT2D eigenvalue weighted by molar-refractivity contribution is 8.06. The van der Waals surface area contributed by atoms with Crippen molar-refractivity contribution in [2.24, 2.45) is 0 Å². The minimum Gasteiger partial charge on any atom is -0.392 e. The largest absolute Gasteiger partial charge is 0.392 e. The molecule has 1 aliphatic heterocycles. The van der Waals surface area contributed by atoms with Gasteiger partial charge in [-0.3, -0.25) is 0 Å². The third kappa shape index (κ3) is 3.44. The van der Waals surface area contributed by atoms with Gasteiger partial charge < -0.3 is 5.11 Å². The number of hydrogen-bond acceptors (Lipinski definition) is 3. The molecule has 0 amide bonds. The molecule has 1 N–H and O–H groups in total. The van der Waals surface area contributed by atoms with Crippen LogP contribution in [0.5, 0.6) is 0 Å². The van der Waals surface area contributed by atoms with Crippen LogP contribution in [-0.2, 0) is 6.42 Å². The smallest absolute Gasteiger partial charge is 0.0707 e. The zero-order valence-electron chi connectivity index (χ0n) is 9.56. The van der Waals surface area contributed by atoms with Crippen LogP contribution in [0, 0.1) is 6.92 Å². The second kappa shape index (κ2) is 5.99. The van der Waals surface area contributed by atoms with Crippen LogP contribution < -0.4 is 0 Å². The van der Waals surface area contributed by atoms with Crippen molar-refractivity contribution < 1.29 is 5.11 Å². The maximum atomic E-state index is 10.2. The Labute approximate surface area is 106 Å². The fourth-order valence-electron chi connectivity index (χ4n) is 1.83. The van der Waals surface area contributed by atoms with Gasteiger partial charge in [-0.2, -0.15) is 23.5 Å². The van der Waals surface area contributed by atoms with Gasteiger partial charge in [0.2, 0.25) is 0 Å². The highest BCUT2D eigenvalue weighted by atomic mass is 32.2. The summed E-state index contributed by atoms with van der Waals surface area (Å²) in [5, 5.41) is 10.6. The van der Waals surface area contributed by atoms with Crippen LogP contribution >= 0.6 is 23.5 Å². The molecule has 88 valence electrons. The summed E-state index contributed by atoms with van der Waals surface area (Å²) < 4.78 is 0. The summed E-state index contributed by atoms with van der Waals surface area (Å²) in [6, 6.07) is 8.48. The summed E-state index contributed by atoms with van der Waals surface area (Å²) in [6.07, 6.45) is 0.596. The molecule has 0 radical (unpaired) electrons. The van der Waals surface area contributed by atoms with Crippen LogP contribution in [0.25, 0.3) is 0 Å². The highest BCUT2D eigenvalue weighted by Gasteiger charge is 2.22. The van der Waals surface area contributed by atoms with Gasteiger partial charge in [-0.1, -0.05) is 29.8 Å². The summed E-state index contributed by atoms with van der Waals surface area (Å²) >= 11 is 3.89. The highest BCUT2D eigenvalue weighted by Crippen LogP contribution is 2.27. The summed E-state index contributed by atoms with van der Waals surface area (Å²) in [5.41, 5.74) is 2.52. The number of aliphatic hydroxyl groups is 1. The topological polar surface area (TPSA) is 20.2 Å². The lowest BCUT2D eigenvalue weighted by molar-refractivity contribution is 0.177. The van der Waals surface area contributed by atoms with E-state index in [1.807, 2.05) is 23.5 Å². The standard InChI is InChI=1S/C13H18OS2/c1-10-2-4-11(5-3-10)8-12(14)13-9-15-6-7-16-13/h2-5,12-14H,6-9H2,1H3. The molecule has 16 heavy (non-hydrogen) atoms. The van der Waals surface area contributed by atoms with Gasteiger partial charge in [0.1, 0.15) is 0 Å². The summed E-state index contributed by atoms with van der Waals surface area (Å²) in [7, 11) is 0. The lowest BCUT2D eigenvalue weighted by atomic mass is 10.0. The average Bonchev–Trinajstić information content (AvgIpc) is 2.33. The third-order valence-corrected chi connectivity index (χ3v) is 5.74. The number of aryl methyl sites for hydroxylation is 1. The Morgan fingerprint density at radius 2 is 2.06 bits per heavy atom. The van der Waals surface area contributed by atoms with Gasteiger partial charge in [0.05, 0.1) is 6.10 Å². The molecule has 1 heterocycles. The van der Waals surface area contributed by atoms with Crippen LogP contribution in [0.4, 0.5) is 0 Å². The van der Waals surface area contributed by atoms with E-state index < -0.39 is 0 Å². The number of thioether (sulfide) groups is 2. The summed E-state index contributed by atoms with van der Waals surface area (Å²) in [5.74, 6) is 3.51. The van der Waals surface area contributed by atoms with E-state index in [-0.39, 0.29) is 6.10 Å². The van der Waals surface area contributed by atoms with Crippen molar-refractivity contribution in [1.82, 2.24) is 0 Å². The van der Waals surface area contributed by atoms with E-state index in [1.165, 1.54) is 22.6 Å². The molecule has 0 aliphatic carbocycles. The SMILES string of the molecule is Cc1ccc(CC(O)C2CSCCS2)cc1. The Kier molecular flexibility index (Phi) is 4.62. The fourth-order valence-corrected chi connectivity index (χ4v) is 4.60. The van der Waals surface area contributed by atoms with Crippen LogP contribution in [-0.4, -0.2) is 33.7 Å². The second-order valence-electron chi connectivity index (χ2n) is 4.24. The summed E-state index contributed by atoms with van der Waals surface area (Å²) in [6.45, 7) is 2.09. The Morgan fingerprint density at radius 3 is 2.69 bits per heavy atom. The van der Waals surface area contributed by atoms with Gasteiger partial charge >= 0.3 is 0 Å². The first-order valence-electron chi connectivity index (χ1n) is 5.68. The monoisotopic (exact) mass is 254 g/mol. The average molecular weight is 254 g/mol. The van der Waals surface area contributed by atoms with Crippen molar-refractivity contribution in [3.8, 4) is 0 Å². The Balaban J connectivity index is 1.90. The maximum Gasteiger partial charge on any atom is 0.0707 e. The number of benzene rings is 1. The second-order valence-corrected chi connectivity index (χ2v) is 6.74. The van der Waals surface area contributed by atoms with Gasteiger partial charge in [0, 0.05) is 22.5 Å². The molecular formula is C13H18OS2. The first kappa shape index (κ1) is 12.3. The molecule has 2 atom stereocenters. The van der Waals surface area contributed by atoms with Crippen molar-refractivity contribution in [2.45, 2.75) is 24.7 Å². The molecule has 1 saturated heterocycles. The molecule has 0 spiro atoms. The normalized spacial score (nSPS) is 23.0. The summed E-state index contributed by atoms with van der Waals surface area (Å²) in [4.78, 5) is 0. The van der Waals surface area contributed by atoms with E-state index in [4.69, 9.17) is 0 Å². The zero-order chi connectivity index (χ0) is 11.4. The Morgan fingerprint density at radius 1 is 1.31 bits per heavy atom. The lowest BCUT2D eigenvalue weighted by Crippen LogP contribution is -2.30.